The molecule has 0 spiro atoms. The lowest BCUT2D eigenvalue weighted by Crippen LogP contribution is -2.32. The summed E-state index contributed by atoms with van der Waals surface area (Å²) in [5.41, 5.74) is 0. The smallest absolute Gasteiger partial charge is 0.0402 e. The summed E-state index contributed by atoms with van der Waals surface area (Å²) in [7, 11) is 2.12. The van der Waals surface area contributed by atoms with Crippen molar-refractivity contribution in [2.24, 2.45) is 5.92 Å². The quantitative estimate of drug-likeness (QED) is 0.709. The molecule has 2 nitrogen and oxygen atoms in total. The second-order valence-electron chi connectivity index (χ2n) is 4.40. The zero-order chi connectivity index (χ0) is 11.5. The van der Waals surface area contributed by atoms with E-state index in [9.17, 15) is 0 Å². The molecule has 0 amide bonds. The number of hydrogen-bond donors (Lipinski definition) is 2. The normalized spacial score (nSPS) is 26.4. The molecule has 1 saturated carbocycles. The molecule has 0 heterocycles. The Hall–Kier alpha value is -0.0800. The maximum absolute atomic E-state index is 7.57. The van der Waals surface area contributed by atoms with Crippen molar-refractivity contribution in [3.63, 3.8) is 0 Å². The standard InChI is InChI=1S/C11H23N.C2H6O/c1-3-7-10-8-5-4-6-9-11(10)12-2;1-2-3/h10-12H,3-9H2,1-2H3;3H,2H2,1H3. The highest BCUT2D eigenvalue weighted by atomic mass is 16.2. The van der Waals surface area contributed by atoms with Crippen molar-refractivity contribution < 1.29 is 5.11 Å². The van der Waals surface area contributed by atoms with E-state index < -0.39 is 0 Å². The van der Waals surface area contributed by atoms with Crippen molar-refractivity contribution in [2.45, 2.75) is 64.8 Å². The van der Waals surface area contributed by atoms with Gasteiger partial charge < -0.3 is 10.4 Å². The van der Waals surface area contributed by atoms with E-state index in [1.165, 1.54) is 44.9 Å². The van der Waals surface area contributed by atoms with Gasteiger partial charge in [-0.15, -0.1) is 0 Å². The van der Waals surface area contributed by atoms with Gasteiger partial charge in [0, 0.05) is 12.6 Å². The highest BCUT2D eigenvalue weighted by Gasteiger charge is 2.20. The van der Waals surface area contributed by atoms with Gasteiger partial charge in [0.25, 0.3) is 0 Å². The number of rotatable bonds is 3. The molecule has 0 aromatic heterocycles. The molecule has 1 rings (SSSR count). The summed E-state index contributed by atoms with van der Waals surface area (Å²) < 4.78 is 0. The molecule has 2 heteroatoms. The van der Waals surface area contributed by atoms with E-state index in [1.54, 1.807) is 6.92 Å². The van der Waals surface area contributed by atoms with Gasteiger partial charge in [0.15, 0.2) is 0 Å². The Morgan fingerprint density at radius 1 is 1.13 bits per heavy atom. The van der Waals surface area contributed by atoms with Gasteiger partial charge in [0.1, 0.15) is 0 Å². The Morgan fingerprint density at radius 2 is 1.73 bits per heavy atom. The van der Waals surface area contributed by atoms with Crippen LogP contribution in [0.1, 0.15) is 58.8 Å². The van der Waals surface area contributed by atoms with Crippen molar-refractivity contribution in [3.8, 4) is 0 Å². The van der Waals surface area contributed by atoms with Crippen LogP contribution in [0.2, 0.25) is 0 Å². The van der Waals surface area contributed by atoms with Gasteiger partial charge in [-0.25, -0.2) is 0 Å². The third-order valence-corrected chi connectivity index (χ3v) is 3.19. The highest BCUT2D eigenvalue weighted by molar-refractivity contribution is 4.77. The van der Waals surface area contributed by atoms with Gasteiger partial charge in [-0.3, -0.25) is 0 Å². The van der Waals surface area contributed by atoms with E-state index in [4.69, 9.17) is 5.11 Å². The van der Waals surface area contributed by atoms with Crippen LogP contribution in [-0.2, 0) is 0 Å². The lowest BCUT2D eigenvalue weighted by molar-refractivity contribution is 0.318. The van der Waals surface area contributed by atoms with Crippen LogP contribution in [0.3, 0.4) is 0 Å². The van der Waals surface area contributed by atoms with Gasteiger partial charge in [0.2, 0.25) is 0 Å². The molecule has 0 aromatic rings. The van der Waals surface area contributed by atoms with Crippen molar-refractivity contribution in [3.05, 3.63) is 0 Å². The van der Waals surface area contributed by atoms with Gasteiger partial charge in [0.05, 0.1) is 0 Å². The summed E-state index contributed by atoms with van der Waals surface area (Å²) in [5, 5.41) is 11.0. The molecule has 92 valence electrons. The van der Waals surface area contributed by atoms with Gasteiger partial charge in [-0.1, -0.05) is 32.6 Å². The minimum Gasteiger partial charge on any atom is -0.397 e. The molecule has 0 saturated heterocycles. The minimum atomic E-state index is 0.250. The predicted octanol–water partition coefficient (Wildman–Crippen LogP) is 2.95. The maximum Gasteiger partial charge on any atom is 0.0402 e. The first-order valence-electron chi connectivity index (χ1n) is 6.58. The molecular formula is C13H29NO. The molecule has 1 fully saturated rings. The molecule has 2 atom stereocenters. The molecular weight excluding hydrogens is 186 g/mol. The molecule has 0 aliphatic heterocycles. The average Bonchev–Trinajstić information content (AvgIpc) is 2.45. The molecule has 0 bridgehead atoms. The number of aliphatic hydroxyl groups excluding tert-OH is 1. The molecule has 1 aliphatic rings. The maximum atomic E-state index is 7.57. The summed E-state index contributed by atoms with van der Waals surface area (Å²) in [6.45, 7) is 4.23. The first-order valence-corrected chi connectivity index (χ1v) is 6.58. The Morgan fingerprint density at radius 3 is 2.27 bits per heavy atom. The summed E-state index contributed by atoms with van der Waals surface area (Å²) in [5.74, 6) is 0.961. The fourth-order valence-electron chi connectivity index (χ4n) is 2.48. The van der Waals surface area contributed by atoms with Crippen molar-refractivity contribution in [1.82, 2.24) is 5.32 Å². The molecule has 15 heavy (non-hydrogen) atoms. The zero-order valence-electron chi connectivity index (χ0n) is 10.8. The molecule has 1 aliphatic carbocycles. The zero-order valence-corrected chi connectivity index (χ0v) is 10.8. The summed E-state index contributed by atoms with van der Waals surface area (Å²) in [6, 6.07) is 0.812. The van der Waals surface area contributed by atoms with Crippen LogP contribution in [0, 0.1) is 5.92 Å². The Bertz CT molecular complexity index is 128. The third-order valence-electron chi connectivity index (χ3n) is 3.19. The second kappa shape index (κ2) is 10.4. The third kappa shape index (κ3) is 6.91. The van der Waals surface area contributed by atoms with E-state index in [-0.39, 0.29) is 6.61 Å². The number of hydrogen-bond acceptors (Lipinski definition) is 2. The van der Waals surface area contributed by atoms with Gasteiger partial charge in [-0.05, 0) is 39.2 Å². The Balaban J connectivity index is 0.000000583. The molecule has 2 unspecified atom stereocenters. The topological polar surface area (TPSA) is 32.3 Å². The SMILES string of the molecule is CCCC1CCCCCC1NC.CCO. The second-order valence-corrected chi connectivity index (χ2v) is 4.40. The van der Waals surface area contributed by atoms with Crippen LogP contribution in [0.25, 0.3) is 0 Å². The van der Waals surface area contributed by atoms with Crippen LogP contribution in [0.15, 0.2) is 0 Å². The van der Waals surface area contributed by atoms with E-state index in [1.807, 2.05) is 0 Å². The predicted molar refractivity (Wildman–Crippen MR) is 67.1 cm³/mol. The molecule has 0 radical (unpaired) electrons. The fourth-order valence-corrected chi connectivity index (χ4v) is 2.48. The van der Waals surface area contributed by atoms with Gasteiger partial charge >= 0.3 is 0 Å². The van der Waals surface area contributed by atoms with Crippen LogP contribution in [-0.4, -0.2) is 24.8 Å². The minimum absolute atomic E-state index is 0.250. The van der Waals surface area contributed by atoms with Gasteiger partial charge in [-0.2, -0.15) is 0 Å². The molecule has 2 N–H and O–H groups in total. The fraction of sp³-hybridized carbons (Fsp3) is 1.00. The average molecular weight is 215 g/mol. The van der Waals surface area contributed by atoms with Crippen LogP contribution >= 0.6 is 0 Å². The van der Waals surface area contributed by atoms with Crippen LogP contribution in [0.4, 0.5) is 0 Å². The lowest BCUT2D eigenvalue weighted by Gasteiger charge is -2.24. The Kier molecular flexibility index (Phi) is 10.4. The number of nitrogens with one attached hydrogen (secondary N) is 1. The van der Waals surface area contributed by atoms with E-state index >= 15 is 0 Å². The summed E-state index contributed by atoms with van der Waals surface area (Å²) in [4.78, 5) is 0. The van der Waals surface area contributed by atoms with Crippen LogP contribution in [0.5, 0.6) is 0 Å². The summed E-state index contributed by atoms with van der Waals surface area (Å²) >= 11 is 0. The van der Waals surface area contributed by atoms with E-state index in [2.05, 4.69) is 19.3 Å². The van der Waals surface area contributed by atoms with Crippen molar-refractivity contribution >= 4 is 0 Å². The van der Waals surface area contributed by atoms with Crippen molar-refractivity contribution in [1.29, 1.82) is 0 Å². The first-order chi connectivity index (χ1) is 7.29. The first kappa shape index (κ1) is 14.9. The largest absolute Gasteiger partial charge is 0.397 e. The lowest BCUT2D eigenvalue weighted by atomic mass is 9.91. The van der Waals surface area contributed by atoms with E-state index in [0.717, 1.165) is 12.0 Å². The van der Waals surface area contributed by atoms with Crippen molar-refractivity contribution in [2.75, 3.05) is 13.7 Å². The number of aliphatic hydroxyl groups is 1. The highest BCUT2D eigenvalue weighted by Crippen LogP contribution is 2.26. The van der Waals surface area contributed by atoms with E-state index in [0.29, 0.717) is 0 Å². The Labute approximate surface area is 95.5 Å². The monoisotopic (exact) mass is 215 g/mol. The molecule has 0 aromatic carbocycles. The van der Waals surface area contributed by atoms with Crippen LogP contribution < -0.4 is 5.32 Å². The summed E-state index contributed by atoms with van der Waals surface area (Å²) in [6.07, 6.45) is 9.99.